The third kappa shape index (κ3) is 6.99. The Morgan fingerprint density at radius 3 is 2.44 bits per heavy atom. The highest BCUT2D eigenvalue weighted by Crippen LogP contribution is 2.20. The molecule has 1 saturated heterocycles. The van der Waals surface area contributed by atoms with Crippen molar-refractivity contribution in [2.45, 2.75) is 20.0 Å². The van der Waals surface area contributed by atoms with E-state index in [2.05, 4.69) is 24.0 Å². The first-order valence-electron chi connectivity index (χ1n) is 11.6. The van der Waals surface area contributed by atoms with Crippen LogP contribution in [0.2, 0.25) is 0 Å². The van der Waals surface area contributed by atoms with Gasteiger partial charge < -0.3 is 14.5 Å². The number of ether oxygens (including phenoxy) is 1. The van der Waals surface area contributed by atoms with Gasteiger partial charge in [-0.2, -0.15) is 0 Å². The monoisotopic (exact) mass is 497 g/mol. The SMILES string of the molecule is Cc1ccc(CN(Cc2ccccc2)C(=O)CN(CCN2CCOCC2)C(=O)c2cccs2)s1. The van der Waals surface area contributed by atoms with Crippen LogP contribution in [-0.2, 0) is 22.6 Å². The lowest BCUT2D eigenvalue weighted by atomic mass is 10.2. The van der Waals surface area contributed by atoms with E-state index in [1.54, 1.807) is 16.2 Å². The van der Waals surface area contributed by atoms with Crippen molar-refractivity contribution in [3.63, 3.8) is 0 Å². The fourth-order valence-corrected chi connectivity index (χ4v) is 5.55. The summed E-state index contributed by atoms with van der Waals surface area (Å²) < 4.78 is 5.44. The molecule has 0 N–H and O–H groups in total. The number of amides is 2. The Hall–Kier alpha value is -2.52. The van der Waals surface area contributed by atoms with Gasteiger partial charge in [0.15, 0.2) is 0 Å². The van der Waals surface area contributed by atoms with Gasteiger partial charge in [-0.25, -0.2) is 0 Å². The first kappa shape index (κ1) is 24.6. The second-order valence-electron chi connectivity index (χ2n) is 8.41. The Morgan fingerprint density at radius 1 is 0.971 bits per heavy atom. The number of thiophene rings is 2. The van der Waals surface area contributed by atoms with E-state index in [4.69, 9.17) is 4.74 Å². The number of benzene rings is 1. The molecule has 1 aromatic carbocycles. The number of nitrogens with zero attached hydrogens (tertiary/aromatic N) is 3. The lowest BCUT2D eigenvalue weighted by Gasteiger charge is -2.31. The van der Waals surface area contributed by atoms with E-state index in [-0.39, 0.29) is 18.4 Å². The number of morpholine rings is 1. The first-order chi connectivity index (χ1) is 16.6. The van der Waals surface area contributed by atoms with Crippen LogP contribution in [0.1, 0.15) is 25.0 Å². The molecule has 180 valence electrons. The number of carbonyl (C=O) groups excluding carboxylic acids is 2. The van der Waals surface area contributed by atoms with E-state index in [1.807, 2.05) is 52.7 Å². The van der Waals surface area contributed by atoms with Gasteiger partial charge >= 0.3 is 0 Å². The quantitative estimate of drug-likeness (QED) is 0.423. The lowest BCUT2D eigenvalue weighted by molar-refractivity contribution is -0.133. The average Bonchev–Trinajstić information content (AvgIpc) is 3.54. The van der Waals surface area contributed by atoms with Gasteiger partial charge in [0.25, 0.3) is 5.91 Å². The molecule has 8 heteroatoms. The highest BCUT2D eigenvalue weighted by Gasteiger charge is 2.24. The second-order valence-corrected chi connectivity index (χ2v) is 10.7. The molecule has 0 radical (unpaired) electrons. The van der Waals surface area contributed by atoms with Crippen molar-refractivity contribution in [2.24, 2.45) is 0 Å². The van der Waals surface area contributed by atoms with Crippen molar-refractivity contribution in [2.75, 3.05) is 45.9 Å². The molecule has 0 saturated carbocycles. The number of hydrogen-bond acceptors (Lipinski definition) is 6. The van der Waals surface area contributed by atoms with Crippen molar-refractivity contribution >= 4 is 34.5 Å². The van der Waals surface area contributed by atoms with Crippen LogP contribution < -0.4 is 0 Å². The molecule has 6 nitrogen and oxygen atoms in total. The third-order valence-corrected chi connectivity index (χ3v) is 7.69. The molecule has 3 heterocycles. The summed E-state index contributed by atoms with van der Waals surface area (Å²) in [5.74, 6) is -0.120. The summed E-state index contributed by atoms with van der Waals surface area (Å²) in [4.78, 5) is 35.8. The largest absolute Gasteiger partial charge is 0.379 e. The van der Waals surface area contributed by atoms with Crippen LogP contribution in [0.15, 0.2) is 60.0 Å². The predicted molar refractivity (Wildman–Crippen MR) is 137 cm³/mol. The van der Waals surface area contributed by atoms with E-state index in [1.165, 1.54) is 16.2 Å². The van der Waals surface area contributed by atoms with Crippen LogP contribution in [0, 0.1) is 6.92 Å². The van der Waals surface area contributed by atoms with Crippen molar-refractivity contribution in [1.29, 1.82) is 0 Å². The number of hydrogen-bond donors (Lipinski definition) is 0. The smallest absolute Gasteiger partial charge is 0.264 e. The molecule has 0 atom stereocenters. The van der Waals surface area contributed by atoms with Crippen molar-refractivity contribution in [1.82, 2.24) is 14.7 Å². The Balaban J connectivity index is 1.49. The maximum Gasteiger partial charge on any atom is 0.264 e. The van der Waals surface area contributed by atoms with Crippen LogP contribution in [-0.4, -0.2) is 72.5 Å². The lowest BCUT2D eigenvalue weighted by Crippen LogP contribution is -2.46. The zero-order valence-corrected chi connectivity index (χ0v) is 21.2. The average molecular weight is 498 g/mol. The number of carbonyl (C=O) groups is 2. The van der Waals surface area contributed by atoms with Gasteiger partial charge in [0.2, 0.25) is 5.91 Å². The zero-order valence-electron chi connectivity index (χ0n) is 19.5. The molecular formula is C26H31N3O3S2. The Morgan fingerprint density at radius 2 is 1.76 bits per heavy atom. The molecule has 1 fully saturated rings. The summed E-state index contributed by atoms with van der Waals surface area (Å²) in [7, 11) is 0. The highest BCUT2D eigenvalue weighted by molar-refractivity contribution is 7.12. The second kappa shape index (κ2) is 12.3. The fraction of sp³-hybridized carbons (Fsp3) is 0.385. The van der Waals surface area contributed by atoms with Gasteiger partial charge in [-0.1, -0.05) is 36.4 Å². The minimum Gasteiger partial charge on any atom is -0.379 e. The minimum absolute atomic E-state index is 0.0400. The minimum atomic E-state index is -0.0803. The Kier molecular flexibility index (Phi) is 8.87. The zero-order chi connectivity index (χ0) is 23.8. The summed E-state index contributed by atoms with van der Waals surface area (Å²) in [6.45, 7) is 7.57. The molecule has 1 aliphatic heterocycles. The maximum atomic E-state index is 13.6. The van der Waals surface area contributed by atoms with E-state index in [0.717, 1.165) is 30.1 Å². The van der Waals surface area contributed by atoms with Crippen LogP contribution in [0.4, 0.5) is 0 Å². The van der Waals surface area contributed by atoms with E-state index in [9.17, 15) is 9.59 Å². The highest BCUT2D eigenvalue weighted by atomic mass is 32.1. The normalized spacial score (nSPS) is 14.1. The predicted octanol–water partition coefficient (Wildman–Crippen LogP) is 4.12. The number of rotatable bonds is 10. The molecule has 34 heavy (non-hydrogen) atoms. The van der Waals surface area contributed by atoms with E-state index in [0.29, 0.717) is 37.7 Å². The van der Waals surface area contributed by atoms with E-state index < -0.39 is 0 Å². The topological polar surface area (TPSA) is 53.1 Å². The number of aryl methyl sites for hydroxylation is 1. The van der Waals surface area contributed by atoms with Crippen LogP contribution in [0.3, 0.4) is 0 Å². The molecule has 4 rings (SSSR count). The molecule has 0 aliphatic carbocycles. The summed E-state index contributed by atoms with van der Waals surface area (Å²) in [6.07, 6.45) is 0. The molecular weight excluding hydrogens is 466 g/mol. The van der Waals surface area contributed by atoms with Crippen LogP contribution >= 0.6 is 22.7 Å². The summed E-state index contributed by atoms with van der Waals surface area (Å²) >= 11 is 3.12. The van der Waals surface area contributed by atoms with Crippen LogP contribution in [0.5, 0.6) is 0 Å². The van der Waals surface area contributed by atoms with Gasteiger partial charge in [0.05, 0.1) is 24.6 Å². The fourth-order valence-electron chi connectivity index (χ4n) is 3.95. The van der Waals surface area contributed by atoms with Gasteiger partial charge in [0, 0.05) is 42.5 Å². The van der Waals surface area contributed by atoms with Gasteiger partial charge in [0.1, 0.15) is 6.54 Å². The van der Waals surface area contributed by atoms with Crippen molar-refractivity contribution < 1.29 is 14.3 Å². The van der Waals surface area contributed by atoms with Crippen molar-refractivity contribution in [3.05, 3.63) is 80.2 Å². The third-order valence-electron chi connectivity index (χ3n) is 5.85. The molecule has 0 unspecified atom stereocenters. The van der Waals surface area contributed by atoms with Crippen LogP contribution in [0.25, 0.3) is 0 Å². The summed E-state index contributed by atoms with van der Waals surface area (Å²) in [5, 5.41) is 1.90. The Labute approximate surface area is 209 Å². The summed E-state index contributed by atoms with van der Waals surface area (Å²) in [6, 6.07) is 17.9. The molecule has 2 amide bonds. The van der Waals surface area contributed by atoms with Crippen molar-refractivity contribution in [3.8, 4) is 0 Å². The molecule has 0 bridgehead atoms. The summed E-state index contributed by atoms with van der Waals surface area (Å²) in [5.41, 5.74) is 1.08. The molecule has 3 aromatic rings. The molecule has 1 aliphatic rings. The molecule has 2 aromatic heterocycles. The van der Waals surface area contributed by atoms with E-state index >= 15 is 0 Å². The first-order valence-corrected chi connectivity index (χ1v) is 13.3. The maximum absolute atomic E-state index is 13.6. The standard InChI is InChI=1S/C26H31N3O3S2/c1-21-9-10-23(34-21)19-29(18-22-6-3-2-4-7-22)25(30)20-28(26(31)24-8-5-17-33-24)12-11-27-13-15-32-16-14-27/h2-10,17H,11-16,18-20H2,1H3. The Bertz CT molecular complexity index is 1050. The van der Waals surface area contributed by atoms with Gasteiger partial charge in [-0.05, 0) is 36.1 Å². The molecule has 0 spiro atoms. The van der Waals surface area contributed by atoms with Gasteiger partial charge in [-0.15, -0.1) is 22.7 Å². The van der Waals surface area contributed by atoms with Gasteiger partial charge in [-0.3, -0.25) is 14.5 Å².